The highest BCUT2D eigenvalue weighted by molar-refractivity contribution is 9.09. The number of ether oxygens (including phenoxy) is 1. The van der Waals surface area contributed by atoms with E-state index in [0.717, 1.165) is 30.3 Å². The maximum atomic E-state index is 5.22. The van der Waals surface area contributed by atoms with Crippen LogP contribution >= 0.6 is 27.7 Å². The van der Waals surface area contributed by atoms with Crippen LogP contribution in [0.15, 0.2) is 4.99 Å². The Bertz CT molecular complexity index is 201. The number of thioether (sulfide) groups is 1. The summed E-state index contributed by atoms with van der Waals surface area (Å²) >= 11 is 5.31. The van der Waals surface area contributed by atoms with Crippen LogP contribution in [0, 0.1) is 0 Å². The summed E-state index contributed by atoms with van der Waals surface area (Å²) in [4.78, 5) is 4.43. The zero-order valence-corrected chi connectivity index (χ0v) is 11.0. The molecule has 1 rings (SSSR count). The van der Waals surface area contributed by atoms with Crippen LogP contribution in [0.4, 0.5) is 0 Å². The van der Waals surface area contributed by atoms with Gasteiger partial charge in [0.25, 0.3) is 0 Å². The number of rotatable bonds is 5. The molecule has 3 nitrogen and oxygen atoms in total. The lowest BCUT2D eigenvalue weighted by Gasteiger charge is -2.07. The van der Waals surface area contributed by atoms with Crippen molar-refractivity contribution in [2.24, 2.45) is 4.99 Å². The quantitative estimate of drug-likeness (QED) is 0.617. The van der Waals surface area contributed by atoms with Gasteiger partial charge in [-0.1, -0.05) is 27.7 Å². The molecule has 82 valence electrons. The average molecular weight is 281 g/mol. The third-order valence-electron chi connectivity index (χ3n) is 2.02. The summed E-state index contributed by atoms with van der Waals surface area (Å²) in [5, 5.41) is 6.02. The van der Waals surface area contributed by atoms with E-state index in [1.54, 1.807) is 0 Å². The topological polar surface area (TPSA) is 33.6 Å². The van der Waals surface area contributed by atoms with E-state index in [2.05, 4.69) is 33.2 Å². The van der Waals surface area contributed by atoms with Crippen LogP contribution < -0.4 is 5.32 Å². The summed E-state index contributed by atoms with van der Waals surface area (Å²) in [6.07, 6.45) is 0. The SMILES string of the molecule is CCOCCN=C1NC(C)C(CBr)S1. The molecule has 1 aliphatic heterocycles. The first-order valence-electron chi connectivity index (χ1n) is 4.89. The number of amidine groups is 1. The Morgan fingerprint density at radius 2 is 2.43 bits per heavy atom. The smallest absolute Gasteiger partial charge is 0.157 e. The normalized spacial score (nSPS) is 29.5. The minimum Gasteiger partial charge on any atom is -0.380 e. The summed E-state index contributed by atoms with van der Waals surface area (Å²) < 4.78 is 5.22. The molecule has 5 heteroatoms. The Morgan fingerprint density at radius 3 is 3.00 bits per heavy atom. The second-order valence-electron chi connectivity index (χ2n) is 3.13. The first kappa shape index (κ1) is 12.3. The second kappa shape index (κ2) is 6.69. The van der Waals surface area contributed by atoms with Crippen LogP contribution in [-0.4, -0.2) is 41.5 Å². The fraction of sp³-hybridized carbons (Fsp3) is 0.889. The van der Waals surface area contributed by atoms with Crippen molar-refractivity contribution >= 4 is 32.9 Å². The molecule has 1 N–H and O–H groups in total. The number of nitrogens with one attached hydrogen (secondary N) is 1. The van der Waals surface area contributed by atoms with Crippen LogP contribution in [0.5, 0.6) is 0 Å². The number of halogens is 1. The van der Waals surface area contributed by atoms with Gasteiger partial charge in [-0.15, -0.1) is 0 Å². The van der Waals surface area contributed by atoms with Gasteiger partial charge in [0.1, 0.15) is 0 Å². The van der Waals surface area contributed by atoms with E-state index >= 15 is 0 Å². The van der Waals surface area contributed by atoms with Gasteiger partial charge in [-0.05, 0) is 13.8 Å². The molecule has 1 aliphatic rings. The molecule has 0 saturated carbocycles. The minimum absolute atomic E-state index is 0.505. The Balaban J connectivity index is 2.26. The molecule has 1 saturated heterocycles. The number of hydrogen-bond acceptors (Lipinski definition) is 3. The van der Waals surface area contributed by atoms with E-state index in [9.17, 15) is 0 Å². The van der Waals surface area contributed by atoms with Gasteiger partial charge < -0.3 is 10.1 Å². The largest absolute Gasteiger partial charge is 0.380 e. The van der Waals surface area contributed by atoms with Crippen molar-refractivity contribution in [3.63, 3.8) is 0 Å². The molecule has 2 unspecified atom stereocenters. The molecule has 1 fully saturated rings. The van der Waals surface area contributed by atoms with E-state index in [4.69, 9.17) is 4.74 Å². The summed E-state index contributed by atoms with van der Waals surface area (Å²) in [5.41, 5.74) is 0. The Kier molecular flexibility index (Phi) is 5.89. The van der Waals surface area contributed by atoms with Crippen molar-refractivity contribution in [1.29, 1.82) is 0 Å². The molecule has 14 heavy (non-hydrogen) atoms. The molecule has 0 spiro atoms. The number of hydrogen-bond donors (Lipinski definition) is 1. The third-order valence-corrected chi connectivity index (χ3v) is 4.49. The van der Waals surface area contributed by atoms with Crippen LogP contribution in [0.3, 0.4) is 0 Å². The fourth-order valence-corrected chi connectivity index (χ4v) is 3.17. The van der Waals surface area contributed by atoms with Crippen molar-refractivity contribution in [3.8, 4) is 0 Å². The van der Waals surface area contributed by atoms with Gasteiger partial charge in [-0.3, -0.25) is 4.99 Å². The standard InChI is InChI=1S/C9H17BrN2OS/c1-3-13-5-4-11-9-12-7(2)8(6-10)14-9/h7-8H,3-6H2,1-2H3,(H,11,12). The molecule has 2 atom stereocenters. The Hall–Kier alpha value is 0.260. The van der Waals surface area contributed by atoms with Gasteiger partial charge in [-0.2, -0.15) is 0 Å². The lowest BCUT2D eigenvalue weighted by atomic mass is 10.3. The van der Waals surface area contributed by atoms with Crippen molar-refractivity contribution < 1.29 is 4.74 Å². The van der Waals surface area contributed by atoms with E-state index in [1.807, 2.05) is 18.7 Å². The van der Waals surface area contributed by atoms with E-state index in [-0.39, 0.29) is 0 Å². The van der Waals surface area contributed by atoms with Crippen LogP contribution in [0.2, 0.25) is 0 Å². The van der Waals surface area contributed by atoms with Crippen molar-refractivity contribution in [2.45, 2.75) is 25.1 Å². The maximum absolute atomic E-state index is 5.22. The molecular weight excluding hydrogens is 264 g/mol. The van der Waals surface area contributed by atoms with Gasteiger partial charge in [0.15, 0.2) is 5.17 Å². The molecule has 0 aromatic rings. The predicted octanol–water partition coefficient (Wildman–Crippen LogP) is 1.87. The van der Waals surface area contributed by atoms with Crippen molar-refractivity contribution in [1.82, 2.24) is 5.32 Å². The molecule has 0 amide bonds. The Labute approximate surface area is 98.2 Å². The summed E-state index contributed by atoms with van der Waals surface area (Å²) in [5.74, 6) is 0. The van der Waals surface area contributed by atoms with Crippen LogP contribution in [0.25, 0.3) is 0 Å². The van der Waals surface area contributed by atoms with Crippen molar-refractivity contribution in [2.75, 3.05) is 25.1 Å². The molecular formula is C9H17BrN2OS. The van der Waals surface area contributed by atoms with Crippen LogP contribution in [0.1, 0.15) is 13.8 Å². The number of aliphatic imine (C=N–C) groups is 1. The predicted molar refractivity (Wildman–Crippen MR) is 66.6 cm³/mol. The molecule has 1 heterocycles. The molecule has 0 aromatic carbocycles. The lowest BCUT2D eigenvalue weighted by Crippen LogP contribution is -2.28. The molecule has 0 aliphatic carbocycles. The zero-order chi connectivity index (χ0) is 10.4. The van der Waals surface area contributed by atoms with E-state index in [0.29, 0.717) is 11.3 Å². The second-order valence-corrected chi connectivity index (χ2v) is 5.00. The van der Waals surface area contributed by atoms with E-state index < -0.39 is 0 Å². The average Bonchev–Trinajstić information content (AvgIpc) is 2.54. The highest BCUT2D eigenvalue weighted by atomic mass is 79.9. The van der Waals surface area contributed by atoms with E-state index in [1.165, 1.54) is 0 Å². The number of alkyl halides is 1. The minimum atomic E-state index is 0.505. The van der Waals surface area contributed by atoms with Gasteiger partial charge in [0.05, 0.1) is 13.2 Å². The fourth-order valence-electron chi connectivity index (χ4n) is 1.17. The third kappa shape index (κ3) is 3.79. The monoisotopic (exact) mass is 280 g/mol. The van der Waals surface area contributed by atoms with Gasteiger partial charge in [-0.25, -0.2) is 0 Å². The first-order valence-corrected chi connectivity index (χ1v) is 6.89. The van der Waals surface area contributed by atoms with Gasteiger partial charge in [0.2, 0.25) is 0 Å². The van der Waals surface area contributed by atoms with Crippen LogP contribution in [-0.2, 0) is 4.74 Å². The zero-order valence-electron chi connectivity index (χ0n) is 8.62. The number of nitrogens with zero attached hydrogens (tertiary/aromatic N) is 1. The molecule has 0 bridgehead atoms. The lowest BCUT2D eigenvalue weighted by molar-refractivity contribution is 0.156. The van der Waals surface area contributed by atoms with Crippen molar-refractivity contribution in [3.05, 3.63) is 0 Å². The first-order chi connectivity index (χ1) is 6.77. The Morgan fingerprint density at radius 1 is 1.64 bits per heavy atom. The highest BCUT2D eigenvalue weighted by Gasteiger charge is 2.26. The summed E-state index contributed by atoms with van der Waals surface area (Å²) in [6.45, 7) is 6.43. The summed E-state index contributed by atoms with van der Waals surface area (Å²) in [7, 11) is 0. The van der Waals surface area contributed by atoms with Gasteiger partial charge >= 0.3 is 0 Å². The summed E-state index contributed by atoms with van der Waals surface area (Å²) in [6, 6.07) is 0.505. The molecule has 0 aromatic heterocycles. The highest BCUT2D eigenvalue weighted by Crippen LogP contribution is 2.24. The maximum Gasteiger partial charge on any atom is 0.157 e. The van der Waals surface area contributed by atoms with Gasteiger partial charge in [0, 0.05) is 23.2 Å². The molecule has 0 radical (unpaired) electrons.